The Hall–Kier alpha value is -0.0405. The zero-order valence-electron chi connectivity index (χ0n) is 28.0. The van der Waals surface area contributed by atoms with Gasteiger partial charge in [-0.05, 0) is 49.6 Å². The maximum absolute atomic E-state index is 6.84. The van der Waals surface area contributed by atoms with Crippen molar-refractivity contribution in [3.63, 3.8) is 0 Å². The minimum Gasteiger partial charge on any atom is -0.343 e. The summed E-state index contributed by atoms with van der Waals surface area (Å²) in [7, 11) is 2.82. The molecule has 4 heterocycles. The predicted octanol–water partition coefficient (Wildman–Crippen LogP) is 9.62. The van der Waals surface area contributed by atoms with Gasteiger partial charge >= 0.3 is 17.1 Å². The van der Waals surface area contributed by atoms with Crippen molar-refractivity contribution in [1.82, 2.24) is 0 Å². The van der Waals surface area contributed by atoms with Gasteiger partial charge in [-0.3, -0.25) is 0 Å². The monoisotopic (exact) mass is 642 g/mol. The Bertz CT molecular complexity index is 1120. The minimum absolute atomic E-state index is 0. The molecule has 0 aromatic heterocycles. The molecule has 5 atom stereocenters. The van der Waals surface area contributed by atoms with E-state index in [4.69, 9.17) is 14.2 Å². The Balaban J connectivity index is 0.000000396. The van der Waals surface area contributed by atoms with E-state index < -0.39 is 11.6 Å². The molecule has 4 saturated heterocycles. The summed E-state index contributed by atoms with van der Waals surface area (Å²) in [6.45, 7) is 30.0. The van der Waals surface area contributed by atoms with Gasteiger partial charge in [-0.1, -0.05) is 68.5 Å². The first-order chi connectivity index (χ1) is 18.0. The van der Waals surface area contributed by atoms with Crippen molar-refractivity contribution in [2.24, 2.45) is 0 Å². The summed E-state index contributed by atoms with van der Waals surface area (Å²) in [6.07, 6.45) is 3.54. The quantitative estimate of drug-likeness (QED) is 0.189. The minimum atomic E-state index is -0.589. The molecular weight excluding hydrogens is 586 g/mol. The first-order valence-electron chi connectivity index (χ1n) is 15.1. The first kappa shape index (κ1) is 35.4. The molecule has 2 aromatic carbocycles. The van der Waals surface area contributed by atoms with Gasteiger partial charge in [0, 0.05) is 18.3 Å². The fraction of sp³-hybridized carbons (Fsp3) is 0.714. The van der Waals surface area contributed by atoms with Crippen LogP contribution in [0.2, 0.25) is 0 Å². The Morgan fingerprint density at radius 2 is 1.29 bits per heavy atom. The summed E-state index contributed by atoms with van der Waals surface area (Å²) in [5.41, 5.74) is 3.72. The molecule has 6 rings (SSSR count). The zero-order valence-corrected chi connectivity index (χ0v) is 31.1. The van der Waals surface area contributed by atoms with Crippen molar-refractivity contribution in [1.29, 1.82) is 0 Å². The van der Waals surface area contributed by atoms with Crippen molar-refractivity contribution in [3.8, 4) is 0 Å². The van der Waals surface area contributed by atoms with Crippen molar-refractivity contribution >= 4 is 17.2 Å². The summed E-state index contributed by atoms with van der Waals surface area (Å²) < 4.78 is 20.0. The van der Waals surface area contributed by atoms with Gasteiger partial charge < -0.3 is 14.2 Å². The summed E-state index contributed by atoms with van der Waals surface area (Å²) in [6, 6.07) is 15.5. The fourth-order valence-corrected chi connectivity index (χ4v) is 13.2. The van der Waals surface area contributed by atoms with Crippen LogP contribution in [0.15, 0.2) is 42.5 Å². The third kappa shape index (κ3) is 6.25. The maximum Gasteiger partial charge on any atom is 2.00 e. The molecule has 4 aliphatic rings. The van der Waals surface area contributed by atoms with E-state index in [1.165, 1.54) is 16.7 Å². The molecule has 4 aliphatic heterocycles. The largest absolute Gasteiger partial charge is 2.00 e. The normalized spacial score (nSPS) is 34.8. The average Bonchev–Trinajstić information content (AvgIpc) is 3.40. The van der Waals surface area contributed by atoms with E-state index in [2.05, 4.69) is 142 Å². The van der Waals surface area contributed by atoms with Crippen molar-refractivity contribution in [2.75, 3.05) is 6.16 Å². The second kappa shape index (κ2) is 11.1. The number of ether oxygens (including phenoxy) is 3. The van der Waals surface area contributed by atoms with E-state index in [-0.39, 0.29) is 51.9 Å². The van der Waals surface area contributed by atoms with Gasteiger partial charge in [-0.2, -0.15) is 41.0 Å². The van der Waals surface area contributed by atoms with E-state index >= 15 is 0 Å². The van der Waals surface area contributed by atoms with Crippen LogP contribution in [-0.4, -0.2) is 39.3 Å². The topological polar surface area (TPSA) is 27.7 Å². The Morgan fingerprint density at radius 3 is 1.66 bits per heavy atom. The van der Waals surface area contributed by atoms with Crippen LogP contribution in [0.4, 0.5) is 0 Å². The number of rotatable bonds is 4. The molecule has 4 bridgehead atoms. The third-order valence-electron chi connectivity index (χ3n) is 9.59. The average molecular weight is 643 g/mol. The van der Waals surface area contributed by atoms with E-state index in [1.54, 1.807) is 0 Å². The first-order valence-corrected chi connectivity index (χ1v) is 17.4. The summed E-state index contributed by atoms with van der Waals surface area (Å²) in [5.74, 6) is -1.18. The molecule has 0 saturated carbocycles. The molecule has 0 amide bonds. The second-order valence-corrected chi connectivity index (χ2v) is 20.6. The van der Waals surface area contributed by atoms with Gasteiger partial charge in [0.15, 0.2) is 11.6 Å². The summed E-state index contributed by atoms with van der Waals surface area (Å²) in [4.78, 5) is 0. The predicted molar refractivity (Wildman–Crippen MR) is 175 cm³/mol. The van der Waals surface area contributed by atoms with Crippen LogP contribution in [0.3, 0.4) is 0 Å². The molecular formula is C35H56FeO3P2. The molecule has 4 fully saturated rings. The molecule has 232 valence electrons. The fourth-order valence-electron chi connectivity index (χ4n) is 8.58. The van der Waals surface area contributed by atoms with Crippen LogP contribution < -0.4 is 0 Å². The van der Waals surface area contributed by atoms with E-state index in [0.717, 1.165) is 25.2 Å². The Morgan fingerprint density at radius 1 is 0.780 bits per heavy atom. The smallest absolute Gasteiger partial charge is 0.343 e. The van der Waals surface area contributed by atoms with Gasteiger partial charge in [0.05, 0.1) is 11.2 Å². The summed E-state index contributed by atoms with van der Waals surface area (Å²) in [5, 5.41) is 0.575. The van der Waals surface area contributed by atoms with Crippen LogP contribution >= 0.6 is 17.2 Å². The van der Waals surface area contributed by atoms with E-state index in [9.17, 15) is 0 Å². The number of hydrogen-bond acceptors (Lipinski definition) is 3. The van der Waals surface area contributed by atoms with E-state index in [0.29, 0.717) is 5.41 Å². The molecule has 0 radical (unpaired) electrons. The maximum atomic E-state index is 6.84. The van der Waals surface area contributed by atoms with Gasteiger partial charge in [0.2, 0.25) is 0 Å². The molecule has 0 spiro atoms. The third-order valence-corrected chi connectivity index (χ3v) is 14.1. The van der Waals surface area contributed by atoms with E-state index in [1.807, 2.05) is 0 Å². The van der Waals surface area contributed by atoms with Gasteiger partial charge in [0.1, 0.15) is 0 Å². The van der Waals surface area contributed by atoms with Crippen LogP contribution in [0, 0.1) is 0 Å². The standard InChI is InChI=1S/C26H43O3P2.C9H13.Fe/c1-20(2,3)31(21(4,5)6)14-18-12-11-13-19(18)26(17-30)22(7)15-24(9)28-23(26,8)16-25(10,27-22)29-24;1-9(2,3)8-6-4-5-7-8;/h11-13H,14-17,30H2,1-10H3;4-7H,1-3H3;/q2*-1;+2. The molecule has 2 aromatic rings. The van der Waals surface area contributed by atoms with Crippen LogP contribution in [0.25, 0.3) is 0 Å². The second-order valence-electron chi connectivity index (χ2n) is 16.3. The van der Waals surface area contributed by atoms with Crippen LogP contribution in [0.1, 0.15) is 120 Å². The van der Waals surface area contributed by atoms with Gasteiger partial charge in [-0.15, -0.1) is 17.2 Å². The van der Waals surface area contributed by atoms with Crippen molar-refractivity contribution < 1.29 is 31.3 Å². The Kier molecular flexibility index (Phi) is 9.58. The molecule has 6 heteroatoms. The van der Waals surface area contributed by atoms with Crippen molar-refractivity contribution in [3.05, 3.63) is 59.2 Å². The summed E-state index contributed by atoms with van der Waals surface area (Å²) >= 11 is 0. The van der Waals surface area contributed by atoms with Gasteiger partial charge in [-0.25, -0.2) is 18.2 Å². The molecule has 0 N–H and O–H groups in total. The van der Waals surface area contributed by atoms with Crippen LogP contribution in [0.5, 0.6) is 0 Å². The zero-order chi connectivity index (χ0) is 30.2. The molecule has 0 aliphatic carbocycles. The van der Waals surface area contributed by atoms with Crippen molar-refractivity contribution in [2.45, 2.75) is 153 Å². The Labute approximate surface area is 265 Å². The number of hydrogen-bond donors (Lipinski definition) is 0. The van der Waals surface area contributed by atoms with Crippen LogP contribution in [-0.2, 0) is 48.3 Å². The SMILES string of the molecule is CC(C)(C)c1ccc[cH-]1.CC12CC3(C)OC(C)(CC(C)(O1)C3(CP)c1[cH-]ccc1CP(C(C)(C)C)C(C)(C)C)O2.[Fe+2]. The molecule has 5 unspecified atom stereocenters. The molecule has 41 heavy (non-hydrogen) atoms. The van der Waals surface area contributed by atoms with Gasteiger partial charge in [0.25, 0.3) is 0 Å². The molecule has 3 nitrogen and oxygen atoms in total.